The van der Waals surface area contributed by atoms with E-state index in [-0.39, 0.29) is 0 Å². The lowest BCUT2D eigenvalue weighted by Crippen LogP contribution is -2.10. The highest BCUT2D eigenvalue weighted by Crippen LogP contribution is 2.18. The van der Waals surface area contributed by atoms with Gasteiger partial charge < -0.3 is 5.73 Å². The van der Waals surface area contributed by atoms with Gasteiger partial charge in [-0.2, -0.15) is 0 Å². The van der Waals surface area contributed by atoms with Crippen LogP contribution in [0.3, 0.4) is 0 Å². The molecule has 16 heavy (non-hydrogen) atoms. The Morgan fingerprint density at radius 3 is 2.94 bits per heavy atom. The maximum Gasteiger partial charge on any atom is 0.248 e. The molecule has 1 rings (SSSR count). The van der Waals surface area contributed by atoms with Gasteiger partial charge in [-0.15, -0.1) is 11.8 Å². The molecule has 0 saturated heterocycles. The van der Waals surface area contributed by atoms with Crippen LogP contribution in [0.5, 0.6) is 0 Å². The number of hydrogen-bond donors (Lipinski definition) is 1. The first kappa shape index (κ1) is 13.0. The van der Waals surface area contributed by atoms with E-state index in [0.717, 1.165) is 10.8 Å². The number of pyridine rings is 1. The molecule has 4 heteroatoms. The Morgan fingerprint density at radius 2 is 2.25 bits per heavy atom. The van der Waals surface area contributed by atoms with E-state index in [1.807, 2.05) is 0 Å². The molecule has 1 amide bonds. The molecule has 1 aromatic rings. The first-order valence-electron chi connectivity index (χ1n) is 5.62. The smallest absolute Gasteiger partial charge is 0.248 e. The molecular formula is C12H18N2OS. The van der Waals surface area contributed by atoms with Crippen molar-refractivity contribution in [3.63, 3.8) is 0 Å². The van der Waals surface area contributed by atoms with Crippen LogP contribution in [0.1, 0.15) is 43.0 Å². The van der Waals surface area contributed by atoms with E-state index in [4.69, 9.17) is 5.73 Å². The zero-order valence-electron chi connectivity index (χ0n) is 9.61. The topological polar surface area (TPSA) is 56.0 Å². The summed E-state index contributed by atoms with van der Waals surface area (Å²) in [6.45, 7) is 2.20. The lowest BCUT2D eigenvalue weighted by atomic mass is 10.2. The third-order valence-corrected chi connectivity index (χ3v) is 3.28. The van der Waals surface area contributed by atoms with E-state index in [0.29, 0.717) is 5.56 Å². The van der Waals surface area contributed by atoms with Gasteiger partial charge >= 0.3 is 0 Å². The van der Waals surface area contributed by atoms with Crippen LogP contribution >= 0.6 is 11.8 Å². The third-order valence-electron chi connectivity index (χ3n) is 2.27. The van der Waals surface area contributed by atoms with Gasteiger partial charge in [-0.05, 0) is 24.3 Å². The van der Waals surface area contributed by atoms with Crippen LogP contribution in [0, 0.1) is 0 Å². The maximum atomic E-state index is 11.0. The molecule has 0 saturated carbocycles. The zero-order valence-corrected chi connectivity index (χ0v) is 10.4. The second-order valence-electron chi connectivity index (χ2n) is 3.66. The van der Waals surface area contributed by atoms with Gasteiger partial charge in [0.05, 0.1) is 5.03 Å². The largest absolute Gasteiger partial charge is 0.366 e. The number of nitrogens with two attached hydrogens (primary N) is 1. The molecule has 1 aromatic heterocycles. The molecule has 0 bridgehead atoms. The van der Waals surface area contributed by atoms with Crippen LogP contribution in [0.2, 0.25) is 0 Å². The summed E-state index contributed by atoms with van der Waals surface area (Å²) in [7, 11) is 0. The van der Waals surface area contributed by atoms with E-state index in [1.165, 1.54) is 25.7 Å². The molecule has 0 aliphatic rings. The predicted molar refractivity (Wildman–Crippen MR) is 67.6 cm³/mol. The molecule has 0 aliphatic carbocycles. The van der Waals surface area contributed by atoms with Crippen LogP contribution in [-0.2, 0) is 0 Å². The Balaban J connectivity index is 2.36. The highest BCUT2D eigenvalue weighted by molar-refractivity contribution is 7.99. The molecule has 0 unspecified atom stereocenters. The third kappa shape index (κ3) is 4.66. The molecule has 2 N–H and O–H groups in total. The number of hydrogen-bond acceptors (Lipinski definition) is 3. The Hall–Kier alpha value is -1.03. The zero-order chi connectivity index (χ0) is 11.8. The molecule has 1 heterocycles. The number of carbonyl (C=O) groups is 1. The molecule has 0 aliphatic heterocycles. The SMILES string of the molecule is CCCCCCSc1cc(C(N)=O)ccn1. The van der Waals surface area contributed by atoms with Crippen LogP contribution in [-0.4, -0.2) is 16.6 Å². The van der Waals surface area contributed by atoms with Gasteiger partial charge in [-0.1, -0.05) is 26.2 Å². The van der Waals surface area contributed by atoms with Crippen LogP contribution in [0.15, 0.2) is 23.4 Å². The molecule has 0 fully saturated rings. The average molecular weight is 238 g/mol. The molecule has 0 aromatic carbocycles. The molecule has 88 valence electrons. The van der Waals surface area contributed by atoms with Crippen LogP contribution in [0.25, 0.3) is 0 Å². The number of aromatic nitrogens is 1. The van der Waals surface area contributed by atoms with Gasteiger partial charge in [-0.3, -0.25) is 4.79 Å². The van der Waals surface area contributed by atoms with Crippen molar-refractivity contribution in [1.82, 2.24) is 4.98 Å². The quantitative estimate of drug-likeness (QED) is 0.587. The summed E-state index contributed by atoms with van der Waals surface area (Å²) in [5, 5.41) is 0.882. The lowest BCUT2D eigenvalue weighted by molar-refractivity contribution is 0.1000. The van der Waals surface area contributed by atoms with Gasteiger partial charge in [0.1, 0.15) is 0 Å². The normalized spacial score (nSPS) is 10.3. The van der Waals surface area contributed by atoms with Crippen molar-refractivity contribution in [2.24, 2.45) is 5.73 Å². The summed E-state index contributed by atoms with van der Waals surface area (Å²) >= 11 is 1.68. The van der Waals surface area contributed by atoms with E-state index in [2.05, 4.69) is 11.9 Å². The van der Waals surface area contributed by atoms with Crippen molar-refractivity contribution >= 4 is 17.7 Å². The first-order valence-corrected chi connectivity index (χ1v) is 6.61. The van der Waals surface area contributed by atoms with Gasteiger partial charge in [0.2, 0.25) is 5.91 Å². The van der Waals surface area contributed by atoms with E-state index < -0.39 is 5.91 Å². The minimum absolute atomic E-state index is 0.393. The van der Waals surface area contributed by atoms with E-state index in [9.17, 15) is 4.79 Å². The molecular weight excluding hydrogens is 220 g/mol. The van der Waals surface area contributed by atoms with Crippen molar-refractivity contribution in [3.05, 3.63) is 23.9 Å². The van der Waals surface area contributed by atoms with E-state index >= 15 is 0 Å². The van der Waals surface area contributed by atoms with Gasteiger partial charge in [0, 0.05) is 11.8 Å². The Kier molecular flexibility index (Phi) is 5.93. The van der Waals surface area contributed by atoms with Crippen molar-refractivity contribution in [1.29, 1.82) is 0 Å². The number of primary amides is 1. The fourth-order valence-electron chi connectivity index (χ4n) is 1.35. The Labute approximate surface area is 101 Å². The fraction of sp³-hybridized carbons (Fsp3) is 0.500. The number of rotatable bonds is 7. The summed E-state index contributed by atoms with van der Waals surface area (Å²) in [5.74, 6) is 0.658. The van der Waals surface area contributed by atoms with Crippen molar-refractivity contribution in [3.8, 4) is 0 Å². The monoisotopic (exact) mass is 238 g/mol. The van der Waals surface area contributed by atoms with Crippen molar-refractivity contribution < 1.29 is 4.79 Å². The first-order chi connectivity index (χ1) is 7.74. The fourth-order valence-corrected chi connectivity index (χ4v) is 2.25. The van der Waals surface area contributed by atoms with Crippen LogP contribution < -0.4 is 5.73 Å². The van der Waals surface area contributed by atoms with Crippen molar-refractivity contribution in [2.75, 3.05) is 5.75 Å². The molecule has 3 nitrogen and oxygen atoms in total. The number of amides is 1. The Bertz CT molecular complexity index is 342. The molecule has 0 radical (unpaired) electrons. The minimum atomic E-state index is -0.393. The lowest BCUT2D eigenvalue weighted by Gasteiger charge is -2.02. The number of nitrogens with zero attached hydrogens (tertiary/aromatic N) is 1. The maximum absolute atomic E-state index is 11.0. The standard InChI is InChI=1S/C12H18N2OS/c1-2-3-4-5-8-16-11-9-10(12(13)15)6-7-14-11/h6-7,9H,2-5,8H2,1H3,(H2,13,15). The second kappa shape index (κ2) is 7.28. The van der Waals surface area contributed by atoms with Gasteiger partial charge in [0.25, 0.3) is 0 Å². The summed E-state index contributed by atoms with van der Waals surface area (Å²) < 4.78 is 0. The summed E-state index contributed by atoms with van der Waals surface area (Å²) in [6.07, 6.45) is 6.63. The second-order valence-corrected chi connectivity index (χ2v) is 4.77. The Morgan fingerprint density at radius 1 is 1.44 bits per heavy atom. The molecule has 0 atom stereocenters. The van der Waals surface area contributed by atoms with Gasteiger partial charge in [-0.25, -0.2) is 4.98 Å². The van der Waals surface area contributed by atoms with Crippen LogP contribution in [0.4, 0.5) is 0 Å². The highest BCUT2D eigenvalue weighted by atomic mass is 32.2. The van der Waals surface area contributed by atoms with Crippen molar-refractivity contribution in [2.45, 2.75) is 37.6 Å². The van der Waals surface area contributed by atoms with Gasteiger partial charge in [0.15, 0.2) is 0 Å². The number of thioether (sulfide) groups is 1. The number of unbranched alkanes of at least 4 members (excludes halogenated alkanes) is 3. The predicted octanol–water partition coefficient (Wildman–Crippen LogP) is 2.85. The summed E-state index contributed by atoms with van der Waals surface area (Å²) in [5.41, 5.74) is 5.73. The average Bonchev–Trinajstić information content (AvgIpc) is 2.29. The highest BCUT2D eigenvalue weighted by Gasteiger charge is 2.02. The molecule has 0 spiro atoms. The number of carbonyl (C=O) groups excluding carboxylic acids is 1. The summed E-state index contributed by atoms with van der Waals surface area (Å²) in [4.78, 5) is 15.1. The van der Waals surface area contributed by atoms with E-state index in [1.54, 1.807) is 30.1 Å². The summed E-state index contributed by atoms with van der Waals surface area (Å²) in [6, 6.07) is 3.40. The minimum Gasteiger partial charge on any atom is -0.366 e.